The minimum atomic E-state index is 0.429. The van der Waals surface area contributed by atoms with E-state index in [4.69, 9.17) is 0 Å². The number of carbonyl (C=O) groups is 1. The fourth-order valence-corrected chi connectivity index (χ4v) is 2.67. The summed E-state index contributed by atoms with van der Waals surface area (Å²) in [6.07, 6.45) is 6.23. The van der Waals surface area contributed by atoms with Crippen molar-refractivity contribution < 1.29 is 4.79 Å². The summed E-state index contributed by atoms with van der Waals surface area (Å²) in [6, 6.07) is 0. The molecule has 0 N–H and O–H groups in total. The summed E-state index contributed by atoms with van der Waals surface area (Å²) in [5, 5.41) is 0. The van der Waals surface area contributed by atoms with E-state index in [2.05, 4.69) is 19.9 Å². The molecule has 12 heavy (non-hydrogen) atoms. The summed E-state index contributed by atoms with van der Waals surface area (Å²) < 4.78 is 0. The third kappa shape index (κ3) is 1.03. The Morgan fingerprint density at radius 2 is 2.33 bits per heavy atom. The van der Waals surface area contributed by atoms with E-state index in [0.717, 1.165) is 19.3 Å². The van der Waals surface area contributed by atoms with Crippen LogP contribution in [0.2, 0.25) is 0 Å². The van der Waals surface area contributed by atoms with Crippen molar-refractivity contribution in [2.24, 2.45) is 11.3 Å². The van der Waals surface area contributed by atoms with Gasteiger partial charge < -0.3 is 0 Å². The molecule has 0 amide bonds. The largest absolute Gasteiger partial charge is 0.300 e. The van der Waals surface area contributed by atoms with Crippen LogP contribution < -0.4 is 0 Å². The maximum atomic E-state index is 11.3. The molecule has 2 atom stereocenters. The number of allylic oxidation sites excluding steroid dienone is 2. The molecule has 0 saturated heterocycles. The Balaban J connectivity index is 2.24. The van der Waals surface area contributed by atoms with Crippen molar-refractivity contribution in [2.75, 3.05) is 0 Å². The molecule has 0 spiro atoms. The molecule has 0 unspecified atom stereocenters. The van der Waals surface area contributed by atoms with Gasteiger partial charge >= 0.3 is 0 Å². The van der Waals surface area contributed by atoms with E-state index < -0.39 is 0 Å². The topological polar surface area (TPSA) is 17.1 Å². The number of rotatable bonds is 0. The normalized spacial score (nSPS) is 41.0. The van der Waals surface area contributed by atoms with Crippen molar-refractivity contribution in [3.63, 3.8) is 0 Å². The Morgan fingerprint density at radius 1 is 1.58 bits per heavy atom. The van der Waals surface area contributed by atoms with Crippen LogP contribution in [0.4, 0.5) is 0 Å². The fraction of sp³-hybridized carbons (Fsp3) is 0.727. The molecule has 0 aromatic carbocycles. The fourth-order valence-electron chi connectivity index (χ4n) is 2.67. The van der Waals surface area contributed by atoms with Gasteiger partial charge in [0, 0.05) is 12.8 Å². The molecular formula is C11H16O. The van der Waals surface area contributed by atoms with E-state index in [1.54, 1.807) is 0 Å². The third-order valence-corrected chi connectivity index (χ3v) is 3.69. The average molecular weight is 164 g/mol. The minimum absolute atomic E-state index is 0.429. The Labute approximate surface area is 73.8 Å². The summed E-state index contributed by atoms with van der Waals surface area (Å²) in [5.74, 6) is 1.03. The van der Waals surface area contributed by atoms with Gasteiger partial charge in [-0.05, 0) is 31.1 Å². The molecule has 1 heteroatoms. The molecular weight excluding hydrogens is 148 g/mol. The van der Waals surface area contributed by atoms with E-state index in [9.17, 15) is 4.79 Å². The quantitative estimate of drug-likeness (QED) is 0.503. The zero-order valence-corrected chi connectivity index (χ0v) is 7.89. The summed E-state index contributed by atoms with van der Waals surface area (Å²) in [6.45, 7) is 4.51. The monoisotopic (exact) mass is 164 g/mol. The van der Waals surface area contributed by atoms with E-state index in [1.807, 2.05) is 0 Å². The second kappa shape index (κ2) is 2.45. The molecule has 66 valence electrons. The molecule has 0 heterocycles. The van der Waals surface area contributed by atoms with Gasteiger partial charge in [-0.25, -0.2) is 0 Å². The van der Waals surface area contributed by atoms with E-state index in [1.165, 1.54) is 12.0 Å². The highest BCUT2D eigenvalue weighted by Crippen LogP contribution is 2.50. The van der Waals surface area contributed by atoms with E-state index >= 15 is 0 Å². The summed E-state index contributed by atoms with van der Waals surface area (Å²) in [5.41, 5.74) is 1.88. The van der Waals surface area contributed by atoms with Gasteiger partial charge in [-0.2, -0.15) is 0 Å². The van der Waals surface area contributed by atoms with Crippen molar-refractivity contribution in [1.82, 2.24) is 0 Å². The van der Waals surface area contributed by atoms with Gasteiger partial charge in [0.25, 0.3) is 0 Å². The zero-order chi connectivity index (χ0) is 8.77. The van der Waals surface area contributed by atoms with Crippen LogP contribution in [-0.2, 0) is 4.79 Å². The number of ketones is 1. The van der Waals surface area contributed by atoms with Crippen molar-refractivity contribution in [3.8, 4) is 0 Å². The highest BCUT2D eigenvalue weighted by Gasteiger charge is 2.42. The van der Waals surface area contributed by atoms with Crippen LogP contribution >= 0.6 is 0 Å². The highest BCUT2D eigenvalue weighted by molar-refractivity contribution is 5.80. The van der Waals surface area contributed by atoms with Crippen molar-refractivity contribution in [2.45, 2.75) is 39.5 Å². The zero-order valence-electron chi connectivity index (χ0n) is 7.89. The predicted molar refractivity (Wildman–Crippen MR) is 48.8 cm³/mol. The molecule has 2 aliphatic carbocycles. The Morgan fingerprint density at radius 3 is 3.08 bits per heavy atom. The van der Waals surface area contributed by atoms with Gasteiger partial charge in [-0.15, -0.1) is 0 Å². The van der Waals surface area contributed by atoms with Crippen molar-refractivity contribution in [3.05, 3.63) is 11.6 Å². The lowest BCUT2D eigenvalue weighted by Crippen LogP contribution is -2.31. The van der Waals surface area contributed by atoms with Gasteiger partial charge in [0.15, 0.2) is 0 Å². The van der Waals surface area contributed by atoms with Gasteiger partial charge in [0.1, 0.15) is 5.78 Å². The molecule has 1 saturated carbocycles. The summed E-state index contributed by atoms with van der Waals surface area (Å²) in [4.78, 5) is 11.3. The van der Waals surface area contributed by atoms with Crippen LogP contribution in [0.3, 0.4) is 0 Å². The number of carbonyl (C=O) groups excluding carboxylic acids is 1. The second-order valence-corrected chi connectivity index (χ2v) is 4.60. The molecule has 1 nitrogen and oxygen atoms in total. The first-order valence-corrected chi connectivity index (χ1v) is 4.80. The lowest BCUT2D eigenvalue weighted by molar-refractivity contribution is -0.123. The molecule has 0 radical (unpaired) electrons. The van der Waals surface area contributed by atoms with Crippen LogP contribution in [0.5, 0.6) is 0 Å². The van der Waals surface area contributed by atoms with Crippen LogP contribution in [0, 0.1) is 11.3 Å². The summed E-state index contributed by atoms with van der Waals surface area (Å²) >= 11 is 0. The maximum Gasteiger partial charge on any atom is 0.133 e. The molecule has 0 bridgehead atoms. The third-order valence-electron chi connectivity index (χ3n) is 3.69. The molecule has 1 fully saturated rings. The molecule has 2 aliphatic rings. The summed E-state index contributed by atoms with van der Waals surface area (Å²) in [7, 11) is 0. The number of hydrogen-bond acceptors (Lipinski definition) is 1. The highest BCUT2D eigenvalue weighted by atomic mass is 16.1. The Bertz CT molecular complexity index is 252. The smallest absolute Gasteiger partial charge is 0.133 e. The SMILES string of the molecule is CC1=CC[C@]2(C)CCC(=O)C[C@H]12. The van der Waals surface area contributed by atoms with Crippen LogP contribution in [0.1, 0.15) is 39.5 Å². The average Bonchev–Trinajstić information content (AvgIpc) is 2.31. The lowest BCUT2D eigenvalue weighted by Gasteiger charge is -2.36. The van der Waals surface area contributed by atoms with Crippen molar-refractivity contribution in [1.29, 1.82) is 0 Å². The number of hydrogen-bond donors (Lipinski definition) is 0. The molecule has 0 aromatic heterocycles. The van der Waals surface area contributed by atoms with Gasteiger partial charge in [-0.1, -0.05) is 18.6 Å². The first kappa shape index (κ1) is 8.03. The molecule has 0 aromatic rings. The Hall–Kier alpha value is -0.590. The Kier molecular flexibility index (Phi) is 1.64. The van der Waals surface area contributed by atoms with E-state index in [0.29, 0.717) is 17.1 Å². The lowest BCUT2D eigenvalue weighted by atomic mass is 9.67. The molecule has 0 aliphatic heterocycles. The predicted octanol–water partition coefficient (Wildman–Crippen LogP) is 2.71. The maximum absolute atomic E-state index is 11.3. The van der Waals surface area contributed by atoms with Gasteiger partial charge in [0.05, 0.1) is 0 Å². The first-order valence-electron chi connectivity index (χ1n) is 4.80. The second-order valence-electron chi connectivity index (χ2n) is 4.60. The van der Waals surface area contributed by atoms with Crippen LogP contribution in [-0.4, -0.2) is 5.78 Å². The first-order chi connectivity index (χ1) is 5.62. The van der Waals surface area contributed by atoms with E-state index in [-0.39, 0.29) is 0 Å². The molecule has 2 rings (SSSR count). The van der Waals surface area contributed by atoms with Crippen LogP contribution in [0.15, 0.2) is 11.6 Å². The van der Waals surface area contributed by atoms with Crippen LogP contribution in [0.25, 0.3) is 0 Å². The van der Waals surface area contributed by atoms with Crippen molar-refractivity contribution >= 4 is 5.78 Å². The van der Waals surface area contributed by atoms with Gasteiger partial charge in [-0.3, -0.25) is 4.79 Å². The van der Waals surface area contributed by atoms with Gasteiger partial charge in [0.2, 0.25) is 0 Å². The number of fused-ring (bicyclic) bond motifs is 1. The minimum Gasteiger partial charge on any atom is -0.300 e. The standard InChI is InChI=1S/C11H16O/c1-8-3-5-11(2)6-4-9(12)7-10(8)11/h3,10H,4-7H2,1-2H3/t10-,11-/m1/s1. The number of Topliss-reactive ketones (excluding diaryl/α,β-unsaturated/α-hetero) is 1.